The van der Waals surface area contributed by atoms with Crippen molar-refractivity contribution in [1.82, 2.24) is 24.3 Å². The molecule has 9 nitrogen and oxygen atoms in total. The van der Waals surface area contributed by atoms with Gasteiger partial charge in [-0.05, 0) is 75.6 Å². The molecule has 3 aromatic rings. The van der Waals surface area contributed by atoms with E-state index < -0.39 is 5.97 Å². The third kappa shape index (κ3) is 7.94. The van der Waals surface area contributed by atoms with Crippen LogP contribution in [0.4, 0.5) is 0 Å². The summed E-state index contributed by atoms with van der Waals surface area (Å²) in [6, 6.07) is 13.2. The maximum atomic E-state index is 14.2. The number of aryl methyl sites for hydroxylation is 1. The second-order valence-corrected chi connectivity index (χ2v) is 11.8. The van der Waals surface area contributed by atoms with Gasteiger partial charge in [-0.2, -0.15) is 0 Å². The Morgan fingerprint density at radius 2 is 1.64 bits per heavy atom. The minimum atomic E-state index is -0.512. The van der Waals surface area contributed by atoms with E-state index in [0.29, 0.717) is 60.9 Å². The van der Waals surface area contributed by atoms with E-state index in [1.807, 2.05) is 46.8 Å². The lowest BCUT2D eigenvalue weighted by Crippen LogP contribution is -2.36. The average Bonchev–Trinajstić information content (AvgIpc) is 3.47. The molecule has 1 aliphatic heterocycles. The smallest absolute Gasteiger partial charge is 0.337 e. The lowest BCUT2D eigenvalue weighted by atomic mass is 9.97. The molecule has 0 unspecified atom stereocenters. The Labute approximate surface area is 261 Å². The fraction of sp³-hybridized carbons (Fsp3) is 0.486. The van der Waals surface area contributed by atoms with E-state index in [9.17, 15) is 14.4 Å². The Kier molecular flexibility index (Phi) is 11.7. The lowest BCUT2D eigenvalue weighted by Gasteiger charge is -2.29. The Morgan fingerprint density at radius 1 is 0.932 bits per heavy atom. The molecule has 44 heavy (non-hydrogen) atoms. The summed E-state index contributed by atoms with van der Waals surface area (Å²) in [5.41, 5.74) is 4.01. The summed E-state index contributed by atoms with van der Waals surface area (Å²) in [5.74, 6) is -0.229. The van der Waals surface area contributed by atoms with Crippen molar-refractivity contribution in [1.29, 1.82) is 0 Å². The van der Waals surface area contributed by atoms with Gasteiger partial charge in [-0.25, -0.2) is 9.78 Å². The number of esters is 1. The van der Waals surface area contributed by atoms with E-state index in [4.69, 9.17) is 9.72 Å². The lowest BCUT2D eigenvalue weighted by molar-refractivity contribution is 0.0600. The molecule has 9 heteroatoms. The Bertz CT molecular complexity index is 1440. The first-order chi connectivity index (χ1) is 21.3. The van der Waals surface area contributed by atoms with Gasteiger partial charge in [0.1, 0.15) is 11.5 Å². The highest BCUT2D eigenvalue weighted by Gasteiger charge is 2.28. The minimum Gasteiger partial charge on any atom is -0.465 e. The van der Waals surface area contributed by atoms with Crippen LogP contribution in [-0.2, 0) is 24.2 Å². The fourth-order valence-corrected chi connectivity index (χ4v) is 5.64. The molecular formula is C35H47N5O4. The molecule has 2 amide bonds. The molecule has 0 atom stereocenters. The fourth-order valence-electron chi connectivity index (χ4n) is 5.64. The number of aromatic nitrogens is 2. The molecule has 0 saturated heterocycles. The maximum absolute atomic E-state index is 14.2. The molecule has 0 N–H and O–H groups in total. The number of imidazole rings is 1. The SMILES string of the molecule is CCCCN(CCCC)C(=O)c1cn(CCCN(C)C)c(-c2ccc(C(=O)OC)cc2C(=O)N2CCc3ccccc3C2)n1. The summed E-state index contributed by atoms with van der Waals surface area (Å²) in [4.78, 5) is 51.3. The van der Waals surface area contributed by atoms with E-state index in [1.165, 1.54) is 12.7 Å². The summed E-state index contributed by atoms with van der Waals surface area (Å²) in [7, 11) is 5.39. The van der Waals surface area contributed by atoms with Crippen LogP contribution in [0.2, 0.25) is 0 Å². The summed E-state index contributed by atoms with van der Waals surface area (Å²) in [5, 5.41) is 0. The molecule has 0 aliphatic carbocycles. The van der Waals surface area contributed by atoms with Crippen LogP contribution < -0.4 is 0 Å². The van der Waals surface area contributed by atoms with Gasteiger partial charge in [-0.1, -0.05) is 51.0 Å². The molecule has 0 saturated carbocycles. The van der Waals surface area contributed by atoms with Crippen molar-refractivity contribution in [3.8, 4) is 11.4 Å². The van der Waals surface area contributed by atoms with Gasteiger partial charge < -0.3 is 24.0 Å². The van der Waals surface area contributed by atoms with E-state index >= 15 is 0 Å². The highest BCUT2D eigenvalue weighted by atomic mass is 16.5. The summed E-state index contributed by atoms with van der Waals surface area (Å²) < 4.78 is 6.98. The number of ether oxygens (including phenoxy) is 1. The number of unbranched alkanes of at least 4 members (excludes halogenated alkanes) is 2. The van der Waals surface area contributed by atoms with Crippen LogP contribution in [0.25, 0.3) is 11.4 Å². The standard InChI is InChI=1S/C35H47N5O4/c1-6-8-19-38(20-9-7-2)34(42)31-25-39(21-12-18-37(3)4)32(36-31)29-16-15-27(35(43)44-5)23-30(29)33(41)40-22-17-26-13-10-11-14-28(26)24-40/h10-11,13-16,23,25H,6-9,12,17-22,24H2,1-5H3. The number of carbonyl (C=O) groups is 3. The number of carbonyl (C=O) groups excluding carboxylic acids is 3. The first-order valence-corrected chi connectivity index (χ1v) is 15.9. The number of methoxy groups -OCH3 is 1. The summed E-state index contributed by atoms with van der Waals surface area (Å²) in [6.45, 7) is 8.17. The molecule has 1 aromatic heterocycles. The maximum Gasteiger partial charge on any atom is 0.337 e. The number of fused-ring (bicyclic) bond motifs is 1. The second-order valence-electron chi connectivity index (χ2n) is 11.8. The van der Waals surface area contributed by atoms with E-state index in [-0.39, 0.29) is 11.8 Å². The topological polar surface area (TPSA) is 88.0 Å². The van der Waals surface area contributed by atoms with Crippen molar-refractivity contribution < 1.29 is 19.1 Å². The molecule has 0 bridgehead atoms. The quantitative estimate of drug-likeness (QED) is 0.226. The zero-order chi connectivity index (χ0) is 31.6. The normalized spacial score (nSPS) is 12.7. The number of nitrogens with zero attached hydrogens (tertiary/aromatic N) is 5. The number of rotatable bonds is 14. The van der Waals surface area contributed by atoms with Crippen LogP contribution in [0.3, 0.4) is 0 Å². The highest BCUT2D eigenvalue weighted by molar-refractivity contribution is 6.03. The summed E-state index contributed by atoms with van der Waals surface area (Å²) in [6.07, 6.45) is 7.29. The monoisotopic (exact) mass is 601 g/mol. The predicted octanol–water partition coefficient (Wildman–Crippen LogP) is 5.53. The predicted molar refractivity (Wildman–Crippen MR) is 173 cm³/mol. The number of amides is 2. The number of hydrogen-bond donors (Lipinski definition) is 0. The molecule has 4 rings (SSSR count). The zero-order valence-corrected chi connectivity index (χ0v) is 27.0. The largest absolute Gasteiger partial charge is 0.465 e. The minimum absolute atomic E-state index is 0.0915. The third-order valence-electron chi connectivity index (χ3n) is 8.18. The van der Waals surface area contributed by atoms with Gasteiger partial charge in [0, 0.05) is 44.5 Å². The van der Waals surface area contributed by atoms with Gasteiger partial charge >= 0.3 is 5.97 Å². The second kappa shape index (κ2) is 15.7. The van der Waals surface area contributed by atoms with Gasteiger partial charge in [0.05, 0.1) is 18.2 Å². The van der Waals surface area contributed by atoms with E-state index in [2.05, 4.69) is 30.9 Å². The first kappa shape index (κ1) is 32.9. The molecule has 2 heterocycles. The van der Waals surface area contributed by atoms with Gasteiger partial charge in [0.25, 0.3) is 11.8 Å². The van der Waals surface area contributed by atoms with Gasteiger partial charge in [-0.3, -0.25) is 9.59 Å². The van der Waals surface area contributed by atoms with Crippen molar-refractivity contribution >= 4 is 17.8 Å². The van der Waals surface area contributed by atoms with Crippen LogP contribution in [0.5, 0.6) is 0 Å². The van der Waals surface area contributed by atoms with Crippen molar-refractivity contribution in [3.63, 3.8) is 0 Å². The Morgan fingerprint density at radius 3 is 2.30 bits per heavy atom. The number of benzene rings is 2. The Balaban J connectivity index is 1.78. The van der Waals surface area contributed by atoms with Crippen molar-refractivity contribution in [2.75, 3.05) is 47.4 Å². The van der Waals surface area contributed by atoms with Crippen LogP contribution in [-0.4, -0.2) is 89.4 Å². The molecule has 2 aromatic carbocycles. The van der Waals surface area contributed by atoms with E-state index in [1.54, 1.807) is 18.2 Å². The molecule has 1 aliphatic rings. The van der Waals surface area contributed by atoms with Gasteiger partial charge in [-0.15, -0.1) is 0 Å². The van der Waals surface area contributed by atoms with Crippen LogP contribution >= 0.6 is 0 Å². The molecular weight excluding hydrogens is 554 g/mol. The van der Waals surface area contributed by atoms with Crippen LogP contribution in [0.1, 0.15) is 88.3 Å². The van der Waals surface area contributed by atoms with Crippen LogP contribution in [0, 0.1) is 0 Å². The Hall–Kier alpha value is -3.98. The zero-order valence-electron chi connectivity index (χ0n) is 27.0. The molecule has 0 radical (unpaired) electrons. The van der Waals surface area contributed by atoms with Crippen LogP contribution in [0.15, 0.2) is 48.7 Å². The van der Waals surface area contributed by atoms with Gasteiger partial charge in [0.2, 0.25) is 0 Å². The van der Waals surface area contributed by atoms with E-state index in [0.717, 1.165) is 50.6 Å². The molecule has 0 fully saturated rings. The highest BCUT2D eigenvalue weighted by Crippen LogP contribution is 2.29. The number of hydrogen-bond acceptors (Lipinski definition) is 6. The summed E-state index contributed by atoms with van der Waals surface area (Å²) >= 11 is 0. The van der Waals surface area contributed by atoms with Crippen molar-refractivity contribution in [2.24, 2.45) is 0 Å². The molecule has 236 valence electrons. The van der Waals surface area contributed by atoms with Gasteiger partial charge in [0.15, 0.2) is 0 Å². The third-order valence-corrected chi connectivity index (χ3v) is 8.18. The molecule has 0 spiro atoms. The average molecular weight is 602 g/mol. The van der Waals surface area contributed by atoms with Crippen molar-refractivity contribution in [2.45, 2.75) is 65.5 Å². The van der Waals surface area contributed by atoms with Crippen molar-refractivity contribution in [3.05, 3.63) is 76.6 Å². The first-order valence-electron chi connectivity index (χ1n) is 15.9.